The molecule has 1 aliphatic heterocycles. The number of β-amino-alcohol motifs (C(OH)–C–C–N with tert-alkyl or cyclic N) is 1. The van der Waals surface area contributed by atoms with Gasteiger partial charge < -0.3 is 15.2 Å². The molecular formula is C20H19Cl3N2O2. The van der Waals surface area contributed by atoms with E-state index in [0.717, 1.165) is 29.6 Å². The normalized spacial score (nSPS) is 18.6. The number of aliphatic hydroxyl groups excluding tert-OH is 2. The van der Waals surface area contributed by atoms with E-state index in [-0.39, 0.29) is 12.6 Å². The molecule has 0 saturated heterocycles. The smallest absolute Gasteiger partial charge is 0.0918 e. The summed E-state index contributed by atoms with van der Waals surface area (Å²) < 4.78 is 0. The number of H-pyrrole nitrogens is 1. The van der Waals surface area contributed by atoms with Crippen molar-refractivity contribution >= 4 is 45.7 Å². The molecule has 4 rings (SSSR count). The first-order valence-electron chi connectivity index (χ1n) is 8.75. The molecule has 27 heavy (non-hydrogen) atoms. The van der Waals surface area contributed by atoms with E-state index in [4.69, 9.17) is 34.8 Å². The van der Waals surface area contributed by atoms with Gasteiger partial charge in [0.05, 0.1) is 18.8 Å². The van der Waals surface area contributed by atoms with E-state index in [1.54, 1.807) is 18.2 Å². The molecule has 0 amide bonds. The zero-order chi connectivity index (χ0) is 19.1. The summed E-state index contributed by atoms with van der Waals surface area (Å²) in [6, 6.07) is 10.6. The Morgan fingerprint density at radius 3 is 2.52 bits per heavy atom. The highest BCUT2D eigenvalue weighted by Gasteiger charge is 2.31. The molecule has 2 unspecified atom stereocenters. The number of nitrogens with one attached hydrogen (secondary N) is 1. The first-order valence-corrected chi connectivity index (χ1v) is 9.88. The first-order chi connectivity index (χ1) is 13.0. The van der Waals surface area contributed by atoms with Crippen LogP contribution in [0.25, 0.3) is 10.9 Å². The number of hydrogen-bond donors (Lipinski definition) is 3. The van der Waals surface area contributed by atoms with E-state index in [1.165, 1.54) is 5.56 Å². The van der Waals surface area contributed by atoms with Gasteiger partial charge in [-0.15, -0.1) is 0 Å². The maximum Gasteiger partial charge on any atom is 0.0918 e. The second kappa shape index (κ2) is 7.63. The van der Waals surface area contributed by atoms with E-state index in [9.17, 15) is 10.2 Å². The third-order valence-electron chi connectivity index (χ3n) is 5.17. The minimum atomic E-state index is -0.754. The second-order valence-corrected chi connectivity index (χ2v) is 8.18. The molecule has 0 radical (unpaired) electrons. The van der Waals surface area contributed by atoms with Crippen molar-refractivity contribution in [1.29, 1.82) is 0 Å². The van der Waals surface area contributed by atoms with Crippen LogP contribution in [0.3, 0.4) is 0 Å². The van der Waals surface area contributed by atoms with Crippen LogP contribution in [0.2, 0.25) is 15.1 Å². The third kappa shape index (κ3) is 3.70. The number of hydrogen-bond acceptors (Lipinski definition) is 3. The number of nitrogens with zero attached hydrogens (tertiary/aromatic N) is 1. The Kier molecular flexibility index (Phi) is 5.39. The molecule has 0 bridgehead atoms. The van der Waals surface area contributed by atoms with Crippen LogP contribution in [0.4, 0.5) is 0 Å². The molecule has 7 heteroatoms. The minimum absolute atomic E-state index is 0.0451. The SMILES string of the molecule is OCC1c2[nH]c3ccc(Cl)cc3c2CCN1CC(O)c1cc(Cl)cc(Cl)c1. The Balaban J connectivity index is 1.62. The highest BCUT2D eigenvalue weighted by atomic mass is 35.5. The van der Waals surface area contributed by atoms with E-state index >= 15 is 0 Å². The van der Waals surface area contributed by atoms with E-state index in [0.29, 0.717) is 27.2 Å². The average molecular weight is 426 g/mol. The van der Waals surface area contributed by atoms with Crippen molar-refractivity contribution in [3.63, 3.8) is 0 Å². The van der Waals surface area contributed by atoms with Crippen LogP contribution in [0.15, 0.2) is 36.4 Å². The van der Waals surface area contributed by atoms with Gasteiger partial charge in [-0.05, 0) is 53.9 Å². The summed E-state index contributed by atoms with van der Waals surface area (Å²) in [5.74, 6) is 0. The average Bonchev–Trinajstić information content (AvgIpc) is 2.98. The van der Waals surface area contributed by atoms with Crippen LogP contribution in [0.1, 0.15) is 29.0 Å². The van der Waals surface area contributed by atoms with Crippen LogP contribution in [0.5, 0.6) is 0 Å². The summed E-state index contributed by atoms with van der Waals surface area (Å²) in [5.41, 5.74) is 3.84. The lowest BCUT2D eigenvalue weighted by Gasteiger charge is -2.36. The van der Waals surface area contributed by atoms with Gasteiger partial charge in [-0.2, -0.15) is 0 Å². The Morgan fingerprint density at radius 2 is 1.81 bits per heavy atom. The molecule has 0 spiro atoms. The van der Waals surface area contributed by atoms with Gasteiger partial charge in [0.25, 0.3) is 0 Å². The molecule has 2 heterocycles. The number of benzene rings is 2. The Bertz CT molecular complexity index is 969. The van der Waals surface area contributed by atoms with Crippen LogP contribution < -0.4 is 0 Å². The molecule has 3 aromatic rings. The number of aromatic nitrogens is 1. The summed E-state index contributed by atoms with van der Waals surface area (Å²) in [6.45, 7) is 1.05. The number of fused-ring (bicyclic) bond motifs is 3. The van der Waals surface area contributed by atoms with Gasteiger partial charge in [0.2, 0.25) is 0 Å². The fraction of sp³-hybridized carbons (Fsp3) is 0.300. The number of aliphatic hydroxyl groups is 2. The van der Waals surface area contributed by atoms with Gasteiger partial charge >= 0.3 is 0 Å². The van der Waals surface area contributed by atoms with Gasteiger partial charge in [0.15, 0.2) is 0 Å². The van der Waals surface area contributed by atoms with Crippen LogP contribution in [-0.4, -0.2) is 39.8 Å². The molecule has 142 valence electrons. The summed E-state index contributed by atoms with van der Waals surface area (Å²) >= 11 is 18.3. The molecule has 2 atom stereocenters. The highest BCUT2D eigenvalue weighted by Crippen LogP contribution is 2.36. The Morgan fingerprint density at radius 1 is 1.07 bits per heavy atom. The molecule has 0 fully saturated rings. The van der Waals surface area contributed by atoms with E-state index < -0.39 is 6.10 Å². The fourth-order valence-electron chi connectivity index (χ4n) is 3.91. The summed E-state index contributed by atoms with van der Waals surface area (Å²) in [7, 11) is 0. The molecule has 1 aliphatic rings. The van der Waals surface area contributed by atoms with E-state index in [1.807, 2.05) is 18.2 Å². The number of halogens is 3. The molecule has 0 aliphatic carbocycles. The van der Waals surface area contributed by atoms with Crippen molar-refractivity contribution in [2.45, 2.75) is 18.6 Å². The van der Waals surface area contributed by atoms with Gasteiger partial charge in [-0.25, -0.2) is 0 Å². The highest BCUT2D eigenvalue weighted by molar-refractivity contribution is 6.34. The topological polar surface area (TPSA) is 59.5 Å². The van der Waals surface area contributed by atoms with Crippen molar-refractivity contribution < 1.29 is 10.2 Å². The standard InChI is InChI=1S/C20H19Cl3N2O2/c21-12-1-2-17-16(8-12)15-3-4-25(18(10-26)20(15)24-17)9-19(27)11-5-13(22)7-14(23)6-11/h1-2,5-8,18-19,24,26-27H,3-4,9-10H2. The molecule has 2 aromatic carbocycles. The zero-order valence-electron chi connectivity index (χ0n) is 14.4. The largest absolute Gasteiger partial charge is 0.394 e. The van der Waals surface area contributed by atoms with Gasteiger partial charge in [-0.1, -0.05) is 34.8 Å². The molecule has 1 aromatic heterocycles. The maximum absolute atomic E-state index is 10.7. The van der Waals surface area contributed by atoms with Crippen LogP contribution in [0, 0.1) is 0 Å². The predicted molar refractivity (Wildman–Crippen MR) is 110 cm³/mol. The molecule has 0 saturated carbocycles. The van der Waals surface area contributed by atoms with Crippen LogP contribution >= 0.6 is 34.8 Å². The van der Waals surface area contributed by atoms with Crippen molar-refractivity contribution in [3.05, 3.63) is 68.3 Å². The summed E-state index contributed by atoms with van der Waals surface area (Å²) in [4.78, 5) is 5.50. The minimum Gasteiger partial charge on any atom is -0.394 e. The van der Waals surface area contributed by atoms with Crippen molar-refractivity contribution in [1.82, 2.24) is 9.88 Å². The maximum atomic E-state index is 10.7. The quantitative estimate of drug-likeness (QED) is 0.565. The van der Waals surface area contributed by atoms with Crippen molar-refractivity contribution in [2.24, 2.45) is 0 Å². The summed E-state index contributed by atoms with van der Waals surface area (Å²) in [5, 5.41) is 23.5. The first kappa shape index (κ1) is 19.1. The lowest BCUT2D eigenvalue weighted by molar-refractivity contribution is 0.0549. The molecule has 3 N–H and O–H groups in total. The number of aromatic amines is 1. The molecule has 4 nitrogen and oxygen atoms in total. The van der Waals surface area contributed by atoms with Crippen LogP contribution in [-0.2, 0) is 6.42 Å². The predicted octanol–water partition coefficient (Wildman–Crippen LogP) is 4.75. The zero-order valence-corrected chi connectivity index (χ0v) is 16.7. The summed E-state index contributed by atoms with van der Waals surface area (Å²) in [6.07, 6.45) is 0.0606. The van der Waals surface area contributed by atoms with Gasteiger partial charge in [0, 0.05) is 44.8 Å². The monoisotopic (exact) mass is 424 g/mol. The fourth-order valence-corrected chi connectivity index (χ4v) is 4.62. The van der Waals surface area contributed by atoms with Crippen molar-refractivity contribution in [2.75, 3.05) is 19.7 Å². The Labute approximate surface area is 172 Å². The third-order valence-corrected chi connectivity index (χ3v) is 5.85. The lowest BCUT2D eigenvalue weighted by Crippen LogP contribution is -2.39. The lowest BCUT2D eigenvalue weighted by atomic mass is 9.96. The van der Waals surface area contributed by atoms with Gasteiger partial charge in [-0.3, -0.25) is 4.90 Å². The Hall–Kier alpha value is -1.27. The van der Waals surface area contributed by atoms with E-state index in [2.05, 4.69) is 9.88 Å². The molecular weight excluding hydrogens is 407 g/mol. The van der Waals surface area contributed by atoms with Gasteiger partial charge in [0.1, 0.15) is 0 Å². The van der Waals surface area contributed by atoms with Crippen molar-refractivity contribution in [3.8, 4) is 0 Å². The second-order valence-electron chi connectivity index (χ2n) is 6.87. The number of rotatable bonds is 4.